The van der Waals surface area contributed by atoms with Crippen LogP contribution in [0.5, 0.6) is 0 Å². The van der Waals surface area contributed by atoms with Crippen LogP contribution in [-0.4, -0.2) is 39.7 Å². The molecule has 10 heteroatoms. The number of carbonyl (C=O) groups excluding carboxylic acids is 2. The van der Waals surface area contributed by atoms with Crippen LogP contribution in [0.3, 0.4) is 0 Å². The Morgan fingerprint density at radius 3 is 2.52 bits per heavy atom. The molecule has 2 aliphatic rings. The molecule has 1 aromatic heterocycles. The predicted molar refractivity (Wildman–Crippen MR) is 89.6 cm³/mol. The first kappa shape index (κ1) is 17.4. The SMILES string of the molecule is O=C(Nc1cc(F)c(F)c(F)c1)N1CCn2ncc(N3CCCC3=O)c2C1. The summed E-state index contributed by atoms with van der Waals surface area (Å²) in [5, 5.41) is 6.64. The molecular formula is C17H16F3N5O2. The lowest BCUT2D eigenvalue weighted by molar-refractivity contribution is -0.117. The van der Waals surface area contributed by atoms with E-state index < -0.39 is 23.5 Å². The van der Waals surface area contributed by atoms with Crippen molar-refractivity contribution in [1.29, 1.82) is 0 Å². The number of nitrogens with zero attached hydrogens (tertiary/aromatic N) is 4. The van der Waals surface area contributed by atoms with Crippen LogP contribution < -0.4 is 10.2 Å². The van der Waals surface area contributed by atoms with Crippen molar-refractivity contribution >= 4 is 23.3 Å². The number of rotatable bonds is 2. The molecule has 1 aromatic carbocycles. The summed E-state index contributed by atoms with van der Waals surface area (Å²) < 4.78 is 41.4. The first-order valence-electron chi connectivity index (χ1n) is 8.49. The molecule has 0 saturated carbocycles. The second kappa shape index (κ2) is 6.60. The summed E-state index contributed by atoms with van der Waals surface area (Å²) in [7, 11) is 0. The van der Waals surface area contributed by atoms with E-state index in [2.05, 4.69) is 10.4 Å². The van der Waals surface area contributed by atoms with Gasteiger partial charge < -0.3 is 15.1 Å². The molecule has 3 heterocycles. The fourth-order valence-electron chi connectivity index (χ4n) is 3.36. The van der Waals surface area contributed by atoms with Gasteiger partial charge in [-0.3, -0.25) is 9.48 Å². The molecule has 0 radical (unpaired) electrons. The summed E-state index contributed by atoms with van der Waals surface area (Å²) in [5.74, 6) is -4.33. The number of fused-ring (bicyclic) bond motifs is 1. The summed E-state index contributed by atoms with van der Waals surface area (Å²) in [6, 6.07) is 0.865. The average molecular weight is 379 g/mol. The molecule has 1 saturated heterocycles. The van der Waals surface area contributed by atoms with Gasteiger partial charge in [-0.25, -0.2) is 18.0 Å². The van der Waals surface area contributed by atoms with Crippen molar-refractivity contribution in [2.75, 3.05) is 23.3 Å². The van der Waals surface area contributed by atoms with Gasteiger partial charge in [-0.15, -0.1) is 0 Å². The van der Waals surface area contributed by atoms with Gasteiger partial charge in [0.05, 0.1) is 30.7 Å². The third-order valence-electron chi connectivity index (χ3n) is 4.74. The Balaban J connectivity index is 1.51. The zero-order valence-electron chi connectivity index (χ0n) is 14.2. The van der Waals surface area contributed by atoms with E-state index in [1.807, 2.05) is 0 Å². The molecule has 27 heavy (non-hydrogen) atoms. The van der Waals surface area contributed by atoms with Gasteiger partial charge >= 0.3 is 6.03 Å². The molecular weight excluding hydrogens is 363 g/mol. The topological polar surface area (TPSA) is 70.5 Å². The Kier molecular flexibility index (Phi) is 4.25. The lowest BCUT2D eigenvalue weighted by Gasteiger charge is -2.29. The van der Waals surface area contributed by atoms with E-state index in [4.69, 9.17) is 0 Å². The van der Waals surface area contributed by atoms with Gasteiger partial charge in [0.15, 0.2) is 17.5 Å². The Morgan fingerprint density at radius 1 is 1.11 bits per heavy atom. The number of nitrogens with one attached hydrogen (secondary N) is 1. The van der Waals surface area contributed by atoms with Crippen LogP contribution >= 0.6 is 0 Å². The number of amides is 3. The minimum Gasteiger partial charge on any atom is -0.317 e. The molecule has 7 nitrogen and oxygen atoms in total. The third-order valence-corrected chi connectivity index (χ3v) is 4.74. The van der Waals surface area contributed by atoms with Gasteiger partial charge in [-0.2, -0.15) is 5.10 Å². The van der Waals surface area contributed by atoms with Crippen LogP contribution in [0.1, 0.15) is 18.5 Å². The Bertz CT molecular complexity index is 906. The van der Waals surface area contributed by atoms with E-state index in [1.54, 1.807) is 15.8 Å². The van der Waals surface area contributed by atoms with Crippen LogP contribution in [0.15, 0.2) is 18.3 Å². The zero-order valence-corrected chi connectivity index (χ0v) is 14.2. The smallest absolute Gasteiger partial charge is 0.317 e. The van der Waals surface area contributed by atoms with Crippen LogP contribution in [0.4, 0.5) is 29.3 Å². The highest BCUT2D eigenvalue weighted by Crippen LogP contribution is 2.28. The van der Waals surface area contributed by atoms with Crippen LogP contribution in [0, 0.1) is 17.5 Å². The first-order valence-corrected chi connectivity index (χ1v) is 8.49. The molecule has 2 aliphatic heterocycles. The molecule has 3 amide bonds. The van der Waals surface area contributed by atoms with Crippen molar-refractivity contribution in [3.8, 4) is 0 Å². The number of hydrogen-bond acceptors (Lipinski definition) is 3. The number of urea groups is 1. The summed E-state index contributed by atoms with van der Waals surface area (Å²) in [5.41, 5.74) is 1.22. The maximum atomic E-state index is 13.3. The molecule has 142 valence electrons. The Labute approximate surface area is 152 Å². The highest BCUT2D eigenvalue weighted by atomic mass is 19.2. The van der Waals surface area contributed by atoms with E-state index in [9.17, 15) is 22.8 Å². The molecule has 0 spiro atoms. The van der Waals surface area contributed by atoms with E-state index in [-0.39, 0.29) is 18.1 Å². The van der Waals surface area contributed by atoms with E-state index in [1.165, 1.54) is 4.90 Å². The molecule has 0 aliphatic carbocycles. The molecule has 0 unspecified atom stereocenters. The Hall–Kier alpha value is -3.04. The number of aromatic nitrogens is 2. The monoisotopic (exact) mass is 379 g/mol. The normalized spacial score (nSPS) is 16.6. The quantitative estimate of drug-likeness (QED) is 0.815. The fraction of sp³-hybridized carbons (Fsp3) is 0.353. The lowest BCUT2D eigenvalue weighted by Crippen LogP contribution is -2.41. The molecule has 4 rings (SSSR count). The number of hydrogen-bond donors (Lipinski definition) is 1. The number of benzene rings is 1. The summed E-state index contributed by atoms with van der Waals surface area (Å²) in [6.07, 6.45) is 2.87. The fourth-order valence-corrected chi connectivity index (χ4v) is 3.36. The molecule has 0 bridgehead atoms. The minimum absolute atomic E-state index is 0.0182. The second-order valence-electron chi connectivity index (χ2n) is 6.45. The third kappa shape index (κ3) is 3.11. The second-order valence-corrected chi connectivity index (χ2v) is 6.45. The highest BCUT2D eigenvalue weighted by molar-refractivity contribution is 5.96. The number of anilines is 2. The van der Waals surface area contributed by atoms with Gasteiger partial charge in [-0.1, -0.05) is 0 Å². The van der Waals surface area contributed by atoms with Crippen LogP contribution in [0.25, 0.3) is 0 Å². The van der Waals surface area contributed by atoms with Crippen molar-refractivity contribution in [3.05, 3.63) is 41.5 Å². The van der Waals surface area contributed by atoms with Crippen molar-refractivity contribution in [2.45, 2.75) is 25.9 Å². The van der Waals surface area contributed by atoms with Crippen molar-refractivity contribution in [1.82, 2.24) is 14.7 Å². The molecule has 2 aromatic rings. The largest absolute Gasteiger partial charge is 0.322 e. The highest BCUT2D eigenvalue weighted by Gasteiger charge is 2.30. The maximum Gasteiger partial charge on any atom is 0.322 e. The number of halogens is 3. The maximum absolute atomic E-state index is 13.3. The molecule has 1 fully saturated rings. The standard InChI is InChI=1S/C17H16F3N5O2/c18-11-6-10(7-12(19)16(11)20)22-17(27)23-4-5-25-14(9-23)13(8-21-25)24-3-1-2-15(24)26/h6-8H,1-5,9H2,(H,22,27). The van der Waals surface area contributed by atoms with Crippen LogP contribution in [-0.2, 0) is 17.9 Å². The zero-order chi connectivity index (χ0) is 19.1. The molecule has 0 atom stereocenters. The minimum atomic E-state index is -1.59. The molecule has 1 N–H and O–H groups in total. The van der Waals surface area contributed by atoms with Gasteiger partial charge in [0.1, 0.15) is 0 Å². The van der Waals surface area contributed by atoms with E-state index >= 15 is 0 Å². The summed E-state index contributed by atoms with van der Waals surface area (Å²) in [6.45, 7) is 1.56. The Morgan fingerprint density at radius 2 is 1.85 bits per heavy atom. The van der Waals surface area contributed by atoms with Gasteiger partial charge in [0.25, 0.3) is 0 Å². The summed E-state index contributed by atoms with van der Waals surface area (Å²) in [4.78, 5) is 27.6. The van der Waals surface area contributed by atoms with Gasteiger partial charge in [-0.05, 0) is 6.42 Å². The van der Waals surface area contributed by atoms with E-state index in [0.717, 1.165) is 24.2 Å². The summed E-state index contributed by atoms with van der Waals surface area (Å²) >= 11 is 0. The van der Waals surface area contributed by atoms with Crippen molar-refractivity contribution in [2.24, 2.45) is 0 Å². The first-order chi connectivity index (χ1) is 12.9. The van der Waals surface area contributed by atoms with Gasteiger partial charge in [0, 0.05) is 37.3 Å². The van der Waals surface area contributed by atoms with Gasteiger partial charge in [0.2, 0.25) is 5.91 Å². The average Bonchev–Trinajstić information content (AvgIpc) is 3.24. The predicted octanol–water partition coefficient (Wildman–Crippen LogP) is 2.47. The van der Waals surface area contributed by atoms with E-state index in [0.29, 0.717) is 31.7 Å². The lowest BCUT2D eigenvalue weighted by atomic mass is 10.2. The number of carbonyl (C=O) groups is 2. The van der Waals surface area contributed by atoms with Crippen LogP contribution in [0.2, 0.25) is 0 Å². The van der Waals surface area contributed by atoms with Crippen molar-refractivity contribution < 1.29 is 22.8 Å². The van der Waals surface area contributed by atoms with Crippen molar-refractivity contribution in [3.63, 3.8) is 0 Å².